The average molecular weight is 273 g/mol. The molecule has 1 N–H and O–H groups in total. The number of nitrogens with zero attached hydrogens (tertiary/aromatic N) is 3. The van der Waals surface area contributed by atoms with Gasteiger partial charge >= 0.3 is 0 Å². The largest absolute Gasteiger partial charge is 0.348 e. The summed E-state index contributed by atoms with van der Waals surface area (Å²) in [5.41, 5.74) is 3.42. The maximum Gasteiger partial charge on any atom is 0.224 e. The third-order valence-electron chi connectivity index (χ3n) is 3.18. The molecule has 0 aliphatic rings. The van der Waals surface area contributed by atoms with Crippen LogP contribution in [0.5, 0.6) is 0 Å². The SMILES string of the molecule is Cc1cc2cc(Nc3ccnc(Cl)n3)ccc2n1C. The van der Waals surface area contributed by atoms with Gasteiger partial charge in [-0.1, -0.05) is 0 Å². The van der Waals surface area contributed by atoms with Crippen molar-refractivity contribution in [1.29, 1.82) is 0 Å². The molecule has 0 spiro atoms. The van der Waals surface area contributed by atoms with Gasteiger partial charge in [0, 0.05) is 35.5 Å². The Hall–Kier alpha value is -2.07. The van der Waals surface area contributed by atoms with Gasteiger partial charge in [0.25, 0.3) is 0 Å². The first-order valence-corrected chi connectivity index (χ1v) is 6.33. The number of fused-ring (bicyclic) bond motifs is 1. The highest BCUT2D eigenvalue weighted by molar-refractivity contribution is 6.28. The minimum atomic E-state index is 0.238. The summed E-state index contributed by atoms with van der Waals surface area (Å²) >= 11 is 5.76. The molecule has 0 bridgehead atoms. The lowest BCUT2D eigenvalue weighted by Gasteiger charge is -2.06. The Morgan fingerprint density at radius 1 is 1.21 bits per heavy atom. The van der Waals surface area contributed by atoms with Crippen molar-refractivity contribution in [2.75, 3.05) is 5.32 Å². The van der Waals surface area contributed by atoms with Crippen molar-refractivity contribution in [2.45, 2.75) is 6.92 Å². The fourth-order valence-electron chi connectivity index (χ4n) is 2.12. The van der Waals surface area contributed by atoms with Crippen LogP contribution in [0.25, 0.3) is 10.9 Å². The summed E-state index contributed by atoms with van der Waals surface area (Å²) in [6, 6.07) is 10.2. The number of aromatic nitrogens is 3. The van der Waals surface area contributed by atoms with E-state index in [1.54, 1.807) is 12.3 Å². The van der Waals surface area contributed by atoms with E-state index in [2.05, 4.69) is 52.0 Å². The predicted octanol–water partition coefficient (Wildman–Crippen LogP) is 3.67. The zero-order valence-electron chi connectivity index (χ0n) is 10.7. The maximum atomic E-state index is 5.76. The Kier molecular flexibility index (Phi) is 2.87. The van der Waals surface area contributed by atoms with Gasteiger partial charge < -0.3 is 9.88 Å². The second-order valence-corrected chi connectivity index (χ2v) is 4.79. The molecule has 0 unspecified atom stereocenters. The van der Waals surface area contributed by atoms with Crippen LogP contribution in [0.1, 0.15) is 5.69 Å². The first-order valence-electron chi connectivity index (χ1n) is 5.95. The highest BCUT2D eigenvalue weighted by Gasteiger charge is 2.04. The van der Waals surface area contributed by atoms with E-state index in [9.17, 15) is 0 Å². The topological polar surface area (TPSA) is 42.7 Å². The number of nitrogens with one attached hydrogen (secondary N) is 1. The van der Waals surface area contributed by atoms with E-state index >= 15 is 0 Å². The molecule has 2 heterocycles. The molecule has 0 atom stereocenters. The van der Waals surface area contributed by atoms with E-state index in [0.717, 1.165) is 5.69 Å². The lowest BCUT2D eigenvalue weighted by molar-refractivity contribution is 0.918. The van der Waals surface area contributed by atoms with E-state index in [-0.39, 0.29) is 5.28 Å². The van der Waals surface area contributed by atoms with Crippen LogP contribution in [-0.4, -0.2) is 14.5 Å². The van der Waals surface area contributed by atoms with Gasteiger partial charge in [-0.05, 0) is 48.9 Å². The first-order chi connectivity index (χ1) is 9.13. The van der Waals surface area contributed by atoms with E-state index in [1.807, 2.05) is 6.07 Å². The third-order valence-corrected chi connectivity index (χ3v) is 3.36. The van der Waals surface area contributed by atoms with Gasteiger partial charge in [-0.25, -0.2) is 9.97 Å². The maximum absolute atomic E-state index is 5.76. The molecule has 0 saturated carbocycles. The van der Waals surface area contributed by atoms with Crippen molar-refractivity contribution in [3.05, 3.63) is 47.5 Å². The van der Waals surface area contributed by atoms with Gasteiger partial charge in [0.15, 0.2) is 0 Å². The molecule has 5 heteroatoms. The molecule has 0 aliphatic carbocycles. The average Bonchev–Trinajstić information content (AvgIpc) is 2.65. The number of benzene rings is 1. The molecule has 0 saturated heterocycles. The Labute approximate surface area is 116 Å². The van der Waals surface area contributed by atoms with Crippen LogP contribution in [-0.2, 0) is 7.05 Å². The first kappa shape index (κ1) is 12.0. The summed E-state index contributed by atoms with van der Waals surface area (Å²) in [6.45, 7) is 2.09. The van der Waals surface area contributed by atoms with Crippen LogP contribution >= 0.6 is 11.6 Å². The second-order valence-electron chi connectivity index (χ2n) is 4.45. The van der Waals surface area contributed by atoms with Crippen molar-refractivity contribution in [3.63, 3.8) is 0 Å². The molecule has 0 amide bonds. The van der Waals surface area contributed by atoms with Gasteiger partial charge in [-0.3, -0.25) is 0 Å². The van der Waals surface area contributed by atoms with Crippen LogP contribution in [0.3, 0.4) is 0 Å². The zero-order chi connectivity index (χ0) is 13.4. The quantitative estimate of drug-likeness (QED) is 0.724. The van der Waals surface area contributed by atoms with E-state index < -0.39 is 0 Å². The zero-order valence-corrected chi connectivity index (χ0v) is 11.4. The smallest absolute Gasteiger partial charge is 0.224 e. The number of aryl methyl sites for hydroxylation is 2. The lowest BCUT2D eigenvalue weighted by Crippen LogP contribution is -1.94. The Balaban J connectivity index is 1.97. The fraction of sp³-hybridized carbons (Fsp3) is 0.143. The third kappa shape index (κ3) is 2.27. The molecule has 2 aromatic heterocycles. The van der Waals surface area contributed by atoms with Crippen LogP contribution in [0.15, 0.2) is 36.5 Å². The highest BCUT2D eigenvalue weighted by Crippen LogP contribution is 2.24. The summed E-state index contributed by atoms with van der Waals surface area (Å²) in [7, 11) is 2.06. The minimum absolute atomic E-state index is 0.238. The molecule has 3 rings (SSSR count). The van der Waals surface area contributed by atoms with Crippen molar-refractivity contribution < 1.29 is 0 Å². The normalized spacial score (nSPS) is 10.9. The summed E-state index contributed by atoms with van der Waals surface area (Å²) in [5.74, 6) is 0.687. The summed E-state index contributed by atoms with van der Waals surface area (Å²) in [4.78, 5) is 7.97. The standard InChI is InChI=1S/C14H13ClN4/c1-9-7-10-8-11(3-4-12(10)19(9)2)17-13-5-6-16-14(15)18-13/h3-8H,1-2H3,(H,16,17,18). The number of anilines is 2. The summed E-state index contributed by atoms with van der Waals surface area (Å²) in [6.07, 6.45) is 1.63. The second kappa shape index (κ2) is 4.55. The molecular formula is C14H13ClN4. The highest BCUT2D eigenvalue weighted by atomic mass is 35.5. The molecule has 3 aromatic rings. The molecular weight excluding hydrogens is 260 g/mol. The monoisotopic (exact) mass is 272 g/mol. The molecule has 19 heavy (non-hydrogen) atoms. The molecule has 0 aliphatic heterocycles. The predicted molar refractivity (Wildman–Crippen MR) is 78.0 cm³/mol. The minimum Gasteiger partial charge on any atom is -0.348 e. The van der Waals surface area contributed by atoms with Crippen molar-refractivity contribution in [3.8, 4) is 0 Å². The van der Waals surface area contributed by atoms with Gasteiger partial charge in [-0.2, -0.15) is 0 Å². The molecule has 4 nitrogen and oxygen atoms in total. The summed E-state index contributed by atoms with van der Waals surface area (Å²) < 4.78 is 2.17. The van der Waals surface area contributed by atoms with Crippen LogP contribution in [0.2, 0.25) is 5.28 Å². The number of rotatable bonds is 2. The van der Waals surface area contributed by atoms with Crippen molar-refractivity contribution in [2.24, 2.45) is 7.05 Å². The summed E-state index contributed by atoms with van der Waals surface area (Å²) in [5, 5.41) is 4.66. The van der Waals surface area contributed by atoms with Crippen LogP contribution < -0.4 is 5.32 Å². The molecule has 1 aromatic carbocycles. The molecule has 0 fully saturated rings. The van der Waals surface area contributed by atoms with E-state index in [4.69, 9.17) is 11.6 Å². The number of halogens is 1. The van der Waals surface area contributed by atoms with Gasteiger partial charge in [0.2, 0.25) is 5.28 Å². The van der Waals surface area contributed by atoms with E-state index in [0.29, 0.717) is 5.82 Å². The van der Waals surface area contributed by atoms with Crippen molar-refractivity contribution >= 4 is 34.0 Å². The number of hydrogen-bond acceptors (Lipinski definition) is 3. The van der Waals surface area contributed by atoms with Crippen LogP contribution in [0.4, 0.5) is 11.5 Å². The number of hydrogen-bond donors (Lipinski definition) is 1. The van der Waals surface area contributed by atoms with Gasteiger partial charge in [0.1, 0.15) is 5.82 Å². The van der Waals surface area contributed by atoms with Gasteiger partial charge in [0.05, 0.1) is 0 Å². The lowest BCUT2D eigenvalue weighted by atomic mass is 10.2. The van der Waals surface area contributed by atoms with Crippen LogP contribution in [0, 0.1) is 6.92 Å². The Bertz CT molecular complexity index is 748. The molecule has 0 radical (unpaired) electrons. The Morgan fingerprint density at radius 2 is 2.05 bits per heavy atom. The van der Waals surface area contributed by atoms with E-state index in [1.165, 1.54) is 16.6 Å². The fourth-order valence-corrected chi connectivity index (χ4v) is 2.26. The molecule has 96 valence electrons. The Morgan fingerprint density at radius 3 is 2.84 bits per heavy atom. The van der Waals surface area contributed by atoms with Crippen molar-refractivity contribution in [1.82, 2.24) is 14.5 Å². The van der Waals surface area contributed by atoms with Gasteiger partial charge in [-0.15, -0.1) is 0 Å².